The summed E-state index contributed by atoms with van der Waals surface area (Å²) in [7, 11) is 0. The molecule has 0 atom stereocenters. The molecule has 0 radical (unpaired) electrons. The van der Waals surface area contributed by atoms with Gasteiger partial charge in [0.05, 0.1) is 12.2 Å². The van der Waals surface area contributed by atoms with E-state index in [-0.39, 0.29) is 0 Å². The Morgan fingerprint density at radius 3 is 2.96 bits per heavy atom. The molecule has 1 fully saturated rings. The zero-order chi connectivity index (χ0) is 19.6. The molecular formula is C21H33N5O2. The van der Waals surface area contributed by atoms with Crippen LogP contribution in [-0.2, 0) is 16.0 Å². The van der Waals surface area contributed by atoms with Crippen molar-refractivity contribution in [2.75, 3.05) is 39.5 Å². The third-order valence-electron chi connectivity index (χ3n) is 4.94. The number of nitrogens with zero attached hydrogens (tertiary/aromatic N) is 3. The van der Waals surface area contributed by atoms with Crippen LogP contribution in [0.15, 0.2) is 29.4 Å². The van der Waals surface area contributed by atoms with E-state index in [0.29, 0.717) is 12.5 Å². The highest BCUT2D eigenvalue weighted by molar-refractivity contribution is 5.79. The van der Waals surface area contributed by atoms with Crippen LogP contribution >= 0.6 is 0 Å². The minimum atomic E-state index is 0.552. The number of nitrogens with one attached hydrogen (secondary N) is 2. The van der Waals surface area contributed by atoms with Gasteiger partial charge in [-0.3, -0.25) is 0 Å². The standard InChI is InChI=1S/C21H33N5O2/c1-3-22-21(23-10-5-11-28-16-18-8-12-27-13-9-18)24-14-19-15-26-17(2)6-4-7-20(26)25-19/h4,6-7,15,18H,3,5,8-14,16H2,1-2H3,(H2,22,23,24). The highest BCUT2D eigenvalue weighted by Gasteiger charge is 2.13. The van der Waals surface area contributed by atoms with Gasteiger partial charge in [0.2, 0.25) is 0 Å². The number of aryl methyl sites for hydroxylation is 1. The molecule has 0 bridgehead atoms. The summed E-state index contributed by atoms with van der Waals surface area (Å²) < 4.78 is 13.3. The minimum Gasteiger partial charge on any atom is -0.381 e. The first kappa shape index (κ1) is 20.6. The van der Waals surface area contributed by atoms with Gasteiger partial charge >= 0.3 is 0 Å². The lowest BCUT2D eigenvalue weighted by atomic mass is 10.0. The van der Waals surface area contributed by atoms with E-state index in [1.165, 1.54) is 5.69 Å². The van der Waals surface area contributed by atoms with Crippen LogP contribution in [0.1, 0.15) is 37.6 Å². The number of aromatic nitrogens is 2. The first-order valence-electron chi connectivity index (χ1n) is 10.4. The Kier molecular flexibility index (Phi) is 8.11. The molecule has 3 heterocycles. The third-order valence-corrected chi connectivity index (χ3v) is 4.94. The average molecular weight is 388 g/mol. The Bertz CT molecular complexity index is 752. The number of guanidine groups is 1. The largest absolute Gasteiger partial charge is 0.381 e. The Morgan fingerprint density at radius 2 is 2.18 bits per heavy atom. The number of rotatable bonds is 9. The Labute approximate surface area is 167 Å². The fraction of sp³-hybridized carbons (Fsp3) is 0.619. The van der Waals surface area contributed by atoms with E-state index in [9.17, 15) is 0 Å². The maximum atomic E-state index is 5.82. The second-order valence-electron chi connectivity index (χ2n) is 7.23. The monoisotopic (exact) mass is 387 g/mol. The van der Waals surface area contributed by atoms with Crippen molar-refractivity contribution >= 4 is 11.6 Å². The number of pyridine rings is 1. The van der Waals surface area contributed by atoms with Crippen molar-refractivity contribution in [1.29, 1.82) is 0 Å². The van der Waals surface area contributed by atoms with Crippen LogP contribution in [-0.4, -0.2) is 54.9 Å². The Morgan fingerprint density at radius 1 is 1.32 bits per heavy atom. The van der Waals surface area contributed by atoms with Crippen molar-refractivity contribution in [1.82, 2.24) is 20.0 Å². The lowest BCUT2D eigenvalue weighted by Gasteiger charge is -2.21. The molecule has 0 unspecified atom stereocenters. The highest BCUT2D eigenvalue weighted by atomic mass is 16.5. The molecule has 0 amide bonds. The number of hydrogen-bond donors (Lipinski definition) is 2. The van der Waals surface area contributed by atoms with E-state index in [1.807, 2.05) is 12.1 Å². The maximum absolute atomic E-state index is 5.82. The van der Waals surface area contributed by atoms with E-state index < -0.39 is 0 Å². The third kappa shape index (κ3) is 6.21. The van der Waals surface area contributed by atoms with Crippen LogP contribution in [0.3, 0.4) is 0 Å². The van der Waals surface area contributed by atoms with Crippen molar-refractivity contribution in [3.8, 4) is 0 Å². The predicted molar refractivity (Wildman–Crippen MR) is 112 cm³/mol. The quantitative estimate of drug-likeness (QED) is 0.393. The van der Waals surface area contributed by atoms with Gasteiger partial charge in [-0.2, -0.15) is 0 Å². The van der Waals surface area contributed by atoms with E-state index in [1.54, 1.807) is 0 Å². The van der Waals surface area contributed by atoms with Crippen molar-refractivity contribution in [2.24, 2.45) is 10.9 Å². The Hall–Kier alpha value is -2.12. The molecule has 28 heavy (non-hydrogen) atoms. The normalized spacial score (nSPS) is 15.9. The average Bonchev–Trinajstić information content (AvgIpc) is 3.14. The molecule has 2 aromatic rings. The molecule has 3 rings (SSSR count). The van der Waals surface area contributed by atoms with Crippen molar-refractivity contribution in [2.45, 2.75) is 39.7 Å². The zero-order valence-corrected chi connectivity index (χ0v) is 17.1. The number of ether oxygens (including phenoxy) is 2. The van der Waals surface area contributed by atoms with Crippen molar-refractivity contribution in [3.05, 3.63) is 35.8 Å². The highest BCUT2D eigenvalue weighted by Crippen LogP contribution is 2.14. The van der Waals surface area contributed by atoms with Crippen LogP contribution in [0.4, 0.5) is 0 Å². The van der Waals surface area contributed by atoms with Crippen LogP contribution in [0, 0.1) is 12.8 Å². The van der Waals surface area contributed by atoms with Gasteiger partial charge < -0.3 is 24.5 Å². The number of aliphatic imine (C=N–C) groups is 1. The van der Waals surface area contributed by atoms with Gasteiger partial charge in [-0.25, -0.2) is 9.98 Å². The first-order valence-corrected chi connectivity index (χ1v) is 10.4. The second-order valence-corrected chi connectivity index (χ2v) is 7.23. The summed E-state index contributed by atoms with van der Waals surface area (Å²) >= 11 is 0. The molecule has 1 saturated heterocycles. The van der Waals surface area contributed by atoms with Gasteiger partial charge in [0.15, 0.2) is 5.96 Å². The van der Waals surface area contributed by atoms with Gasteiger partial charge in [-0.1, -0.05) is 6.07 Å². The zero-order valence-electron chi connectivity index (χ0n) is 17.1. The molecular weight excluding hydrogens is 354 g/mol. The lowest BCUT2D eigenvalue weighted by molar-refractivity contribution is 0.0203. The van der Waals surface area contributed by atoms with Gasteiger partial charge in [-0.05, 0) is 51.2 Å². The maximum Gasteiger partial charge on any atom is 0.191 e. The first-order chi connectivity index (χ1) is 13.8. The summed E-state index contributed by atoms with van der Waals surface area (Å²) in [5.74, 6) is 1.48. The van der Waals surface area contributed by atoms with Crippen LogP contribution < -0.4 is 10.6 Å². The molecule has 2 aromatic heterocycles. The van der Waals surface area contributed by atoms with Gasteiger partial charge in [0.1, 0.15) is 5.65 Å². The Balaban J connectivity index is 1.40. The summed E-state index contributed by atoms with van der Waals surface area (Å²) in [5.41, 5.74) is 3.10. The van der Waals surface area contributed by atoms with Crippen LogP contribution in [0.5, 0.6) is 0 Å². The molecule has 2 N–H and O–H groups in total. The molecule has 154 valence electrons. The second kappa shape index (κ2) is 11.0. The summed E-state index contributed by atoms with van der Waals surface area (Å²) in [6, 6.07) is 6.13. The summed E-state index contributed by atoms with van der Waals surface area (Å²) in [6.45, 7) is 9.76. The number of hydrogen-bond acceptors (Lipinski definition) is 4. The van der Waals surface area contributed by atoms with Gasteiger partial charge in [0, 0.05) is 51.4 Å². The van der Waals surface area contributed by atoms with E-state index in [0.717, 1.165) is 76.1 Å². The molecule has 1 aliphatic rings. The molecule has 0 aliphatic carbocycles. The van der Waals surface area contributed by atoms with E-state index in [4.69, 9.17) is 9.47 Å². The van der Waals surface area contributed by atoms with E-state index in [2.05, 4.69) is 51.1 Å². The molecule has 0 saturated carbocycles. The molecule has 1 aliphatic heterocycles. The minimum absolute atomic E-state index is 0.552. The summed E-state index contributed by atoms with van der Waals surface area (Å²) in [5, 5.41) is 6.67. The number of fused-ring (bicyclic) bond motifs is 1. The van der Waals surface area contributed by atoms with Gasteiger partial charge in [-0.15, -0.1) is 0 Å². The smallest absolute Gasteiger partial charge is 0.191 e. The predicted octanol–water partition coefficient (Wildman–Crippen LogP) is 2.53. The summed E-state index contributed by atoms with van der Waals surface area (Å²) in [6.07, 6.45) is 5.26. The van der Waals surface area contributed by atoms with Crippen LogP contribution in [0.2, 0.25) is 0 Å². The van der Waals surface area contributed by atoms with Crippen molar-refractivity contribution < 1.29 is 9.47 Å². The van der Waals surface area contributed by atoms with E-state index >= 15 is 0 Å². The van der Waals surface area contributed by atoms with Gasteiger partial charge in [0.25, 0.3) is 0 Å². The number of imidazole rings is 1. The topological polar surface area (TPSA) is 72.2 Å². The van der Waals surface area contributed by atoms with Crippen molar-refractivity contribution in [3.63, 3.8) is 0 Å². The molecule has 7 nitrogen and oxygen atoms in total. The van der Waals surface area contributed by atoms with Crippen LogP contribution in [0.25, 0.3) is 5.65 Å². The summed E-state index contributed by atoms with van der Waals surface area (Å²) in [4.78, 5) is 9.31. The molecule has 0 aromatic carbocycles. The fourth-order valence-electron chi connectivity index (χ4n) is 3.32. The SMILES string of the molecule is CCNC(=NCc1cn2c(C)cccc2n1)NCCCOCC1CCOCC1. The molecule has 7 heteroatoms. The molecule has 0 spiro atoms. The lowest BCUT2D eigenvalue weighted by Crippen LogP contribution is -2.38. The fourth-order valence-corrected chi connectivity index (χ4v) is 3.32.